The summed E-state index contributed by atoms with van der Waals surface area (Å²) < 4.78 is 0. The van der Waals surface area contributed by atoms with Crippen LogP contribution in [0.4, 0.5) is 5.69 Å². The molecule has 0 radical (unpaired) electrons. The van der Waals surface area contributed by atoms with E-state index < -0.39 is 0 Å². The van der Waals surface area contributed by atoms with Gasteiger partial charge in [0.05, 0.1) is 0 Å². The predicted molar refractivity (Wildman–Crippen MR) is 80.4 cm³/mol. The molecule has 0 spiro atoms. The molecule has 1 amide bonds. The highest BCUT2D eigenvalue weighted by Gasteiger charge is 2.06. The van der Waals surface area contributed by atoms with E-state index in [0.29, 0.717) is 5.56 Å². The Morgan fingerprint density at radius 3 is 2.74 bits per heavy atom. The lowest BCUT2D eigenvalue weighted by atomic mass is 10.1. The number of hydrogen-bond donors (Lipinski definition) is 3. The Morgan fingerprint density at radius 2 is 2.05 bits per heavy atom. The number of rotatable bonds is 8. The second kappa shape index (κ2) is 8.53. The van der Waals surface area contributed by atoms with E-state index in [1.165, 1.54) is 0 Å². The lowest BCUT2D eigenvalue weighted by Crippen LogP contribution is -2.30. The van der Waals surface area contributed by atoms with Crippen LogP contribution in [0.1, 0.15) is 43.5 Å². The summed E-state index contributed by atoms with van der Waals surface area (Å²) in [6, 6.07) is 7.75. The summed E-state index contributed by atoms with van der Waals surface area (Å²) in [6.07, 6.45) is 3.30. The number of unbranched alkanes of at least 4 members (excludes halogenated alkanes) is 2. The molecule has 0 aliphatic heterocycles. The number of hydrogen-bond acceptors (Lipinski definition) is 3. The summed E-state index contributed by atoms with van der Waals surface area (Å²) in [7, 11) is 0. The fourth-order valence-electron chi connectivity index (χ4n) is 1.79. The Labute approximate surface area is 115 Å². The predicted octanol–water partition coefficient (Wildman–Crippen LogP) is 2.37. The normalized spacial score (nSPS) is 10.5. The number of nitrogens with two attached hydrogens (primary N) is 1. The molecule has 4 nitrogen and oxygen atoms in total. The number of nitrogens with one attached hydrogen (secondary N) is 2. The fraction of sp³-hybridized carbons (Fsp3) is 0.533. The molecule has 0 fully saturated rings. The molecule has 0 saturated carbocycles. The first-order valence-electron chi connectivity index (χ1n) is 6.98. The van der Waals surface area contributed by atoms with Crippen molar-refractivity contribution in [3.63, 3.8) is 0 Å². The van der Waals surface area contributed by atoms with Crippen molar-refractivity contribution in [3.8, 4) is 0 Å². The molecule has 0 unspecified atom stereocenters. The van der Waals surface area contributed by atoms with Crippen LogP contribution in [-0.2, 0) is 0 Å². The van der Waals surface area contributed by atoms with E-state index in [9.17, 15) is 4.79 Å². The van der Waals surface area contributed by atoms with E-state index in [0.717, 1.165) is 38.0 Å². The molecule has 1 rings (SSSR count). The second-order valence-electron chi connectivity index (χ2n) is 4.99. The molecule has 0 atom stereocenters. The van der Waals surface area contributed by atoms with Gasteiger partial charge in [-0.15, -0.1) is 0 Å². The van der Waals surface area contributed by atoms with E-state index in [-0.39, 0.29) is 11.9 Å². The molecule has 106 valence electrons. The van der Waals surface area contributed by atoms with Gasteiger partial charge < -0.3 is 16.4 Å². The summed E-state index contributed by atoms with van der Waals surface area (Å²) in [5.41, 5.74) is 7.13. The molecule has 0 heterocycles. The number of carbonyl (C=O) groups is 1. The standard InChI is InChI=1S/C15H25N3O/c1-12(2)18-15(19)13-7-6-8-14(11-13)17-10-5-3-4-9-16/h6-8,11-12,17H,3-5,9-10,16H2,1-2H3,(H,18,19). The minimum atomic E-state index is -0.0261. The monoisotopic (exact) mass is 263 g/mol. The van der Waals surface area contributed by atoms with Crippen LogP contribution in [0.5, 0.6) is 0 Å². The fourth-order valence-corrected chi connectivity index (χ4v) is 1.79. The average molecular weight is 263 g/mol. The average Bonchev–Trinajstić information content (AvgIpc) is 2.38. The molecular formula is C15H25N3O. The van der Waals surface area contributed by atoms with Crippen molar-refractivity contribution >= 4 is 11.6 Å². The largest absolute Gasteiger partial charge is 0.385 e. The van der Waals surface area contributed by atoms with Gasteiger partial charge in [0.15, 0.2) is 0 Å². The Morgan fingerprint density at radius 1 is 1.26 bits per heavy atom. The van der Waals surface area contributed by atoms with Crippen LogP contribution < -0.4 is 16.4 Å². The van der Waals surface area contributed by atoms with Gasteiger partial charge in [-0.1, -0.05) is 12.5 Å². The quantitative estimate of drug-likeness (QED) is 0.631. The number of carbonyl (C=O) groups excluding carboxylic acids is 1. The minimum Gasteiger partial charge on any atom is -0.385 e. The van der Waals surface area contributed by atoms with Crippen molar-refractivity contribution in [2.24, 2.45) is 5.73 Å². The number of benzene rings is 1. The summed E-state index contributed by atoms with van der Waals surface area (Å²) >= 11 is 0. The van der Waals surface area contributed by atoms with Crippen LogP contribution >= 0.6 is 0 Å². The zero-order valence-electron chi connectivity index (χ0n) is 11.9. The summed E-state index contributed by atoms with van der Waals surface area (Å²) in [5, 5.41) is 6.22. The van der Waals surface area contributed by atoms with Gasteiger partial charge in [-0.05, 0) is 51.4 Å². The van der Waals surface area contributed by atoms with Crippen molar-refractivity contribution in [1.29, 1.82) is 0 Å². The second-order valence-corrected chi connectivity index (χ2v) is 4.99. The Balaban J connectivity index is 2.45. The van der Waals surface area contributed by atoms with Gasteiger partial charge >= 0.3 is 0 Å². The smallest absolute Gasteiger partial charge is 0.251 e. The molecule has 1 aromatic rings. The van der Waals surface area contributed by atoms with E-state index >= 15 is 0 Å². The van der Waals surface area contributed by atoms with Crippen molar-refractivity contribution in [2.45, 2.75) is 39.2 Å². The molecule has 1 aromatic carbocycles. The van der Waals surface area contributed by atoms with Crippen LogP contribution in [0.15, 0.2) is 24.3 Å². The van der Waals surface area contributed by atoms with E-state index in [4.69, 9.17) is 5.73 Å². The first-order valence-corrected chi connectivity index (χ1v) is 6.98. The Kier molecular flexibility index (Phi) is 6.97. The molecule has 0 aliphatic rings. The van der Waals surface area contributed by atoms with Crippen LogP contribution in [-0.4, -0.2) is 25.0 Å². The highest BCUT2D eigenvalue weighted by Crippen LogP contribution is 2.11. The highest BCUT2D eigenvalue weighted by molar-refractivity contribution is 5.95. The lowest BCUT2D eigenvalue weighted by Gasteiger charge is -2.10. The van der Waals surface area contributed by atoms with Gasteiger partial charge in [-0.3, -0.25) is 4.79 Å². The zero-order valence-corrected chi connectivity index (χ0v) is 11.9. The molecular weight excluding hydrogens is 238 g/mol. The van der Waals surface area contributed by atoms with Crippen LogP contribution in [0.2, 0.25) is 0 Å². The molecule has 0 bridgehead atoms. The van der Waals surface area contributed by atoms with Crippen molar-refractivity contribution in [3.05, 3.63) is 29.8 Å². The molecule has 4 heteroatoms. The van der Waals surface area contributed by atoms with E-state index in [1.54, 1.807) is 0 Å². The zero-order chi connectivity index (χ0) is 14.1. The van der Waals surface area contributed by atoms with Gasteiger partial charge in [0.1, 0.15) is 0 Å². The summed E-state index contributed by atoms with van der Waals surface area (Å²) in [5.74, 6) is -0.0261. The van der Waals surface area contributed by atoms with Crippen LogP contribution in [0, 0.1) is 0 Å². The molecule has 0 saturated heterocycles. The topological polar surface area (TPSA) is 67.2 Å². The van der Waals surface area contributed by atoms with Gasteiger partial charge in [0, 0.05) is 23.8 Å². The van der Waals surface area contributed by atoms with Crippen molar-refractivity contribution in [2.75, 3.05) is 18.4 Å². The van der Waals surface area contributed by atoms with Crippen molar-refractivity contribution < 1.29 is 4.79 Å². The number of anilines is 1. The van der Waals surface area contributed by atoms with E-state index in [1.807, 2.05) is 38.1 Å². The summed E-state index contributed by atoms with van der Waals surface area (Å²) in [6.45, 7) is 5.58. The van der Waals surface area contributed by atoms with E-state index in [2.05, 4.69) is 10.6 Å². The maximum Gasteiger partial charge on any atom is 0.251 e. The molecule has 4 N–H and O–H groups in total. The Bertz CT molecular complexity index is 391. The third-order valence-electron chi connectivity index (χ3n) is 2.75. The first kappa shape index (κ1) is 15.5. The van der Waals surface area contributed by atoms with Crippen LogP contribution in [0.25, 0.3) is 0 Å². The molecule has 19 heavy (non-hydrogen) atoms. The van der Waals surface area contributed by atoms with Gasteiger partial charge in [0.2, 0.25) is 0 Å². The third kappa shape index (κ3) is 6.25. The maximum absolute atomic E-state index is 11.9. The Hall–Kier alpha value is -1.55. The third-order valence-corrected chi connectivity index (χ3v) is 2.75. The summed E-state index contributed by atoms with van der Waals surface area (Å²) in [4.78, 5) is 11.9. The SMILES string of the molecule is CC(C)NC(=O)c1cccc(NCCCCCN)c1. The van der Waals surface area contributed by atoms with Crippen LogP contribution in [0.3, 0.4) is 0 Å². The lowest BCUT2D eigenvalue weighted by molar-refractivity contribution is 0.0943. The maximum atomic E-state index is 11.9. The van der Waals surface area contributed by atoms with Gasteiger partial charge in [-0.2, -0.15) is 0 Å². The van der Waals surface area contributed by atoms with Crippen molar-refractivity contribution in [1.82, 2.24) is 5.32 Å². The van der Waals surface area contributed by atoms with Gasteiger partial charge in [0.25, 0.3) is 5.91 Å². The highest BCUT2D eigenvalue weighted by atomic mass is 16.1. The minimum absolute atomic E-state index is 0.0261. The molecule has 0 aliphatic carbocycles. The van der Waals surface area contributed by atoms with Gasteiger partial charge in [-0.25, -0.2) is 0 Å². The molecule has 0 aromatic heterocycles. The first-order chi connectivity index (χ1) is 9.13. The number of amides is 1.